The van der Waals surface area contributed by atoms with Gasteiger partial charge in [0.05, 0.1) is 47.1 Å². The van der Waals surface area contributed by atoms with Crippen LogP contribution in [-0.2, 0) is 18.9 Å². The molecule has 0 N–H and O–H groups in total. The molecule has 0 saturated carbocycles. The maximum atomic E-state index is 6.30. The van der Waals surface area contributed by atoms with E-state index < -0.39 is 0 Å². The van der Waals surface area contributed by atoms with Gasteiger partial charge in [-0.15, -0.1) is 0 Å². The van der Waals surface area contributed by atoms with Crippen molar-refractivity contribution in [2.75, 3.05) is 54.6 Å². The van der Waals surface area contributed by atoms with E-state index in [4.69, 9.17) is 18.9 Å². The first-order valence-electron chi connectivity index (χ1n) is 13.5. The lowest BCUT2D eigenvalue weighted by Gasteiger charge is -2.28. The highest BCUT2D eigenvalue weighted by atomic mass is 16.7. The molecule has 0 heterocycles. The van der Waals surface area contributed by atoms with Crippen LogP contribution in [0.25, 0.3) is 0 Å². The minimum atomic E-state index is -0.334. The monoisotopic (exact) mass is 460 g/mol. The molecule has 32 heavy (non-hydrogen) atoms. The first kappa shape index (κ1) is 31.8. The Bertz CT molecular complexity index is 386. The van der Waals surface area contributed by atoms with E-state index in [9.17, 15) is 0 Å². The van der Waals surface area contributed by atoms with Gasteiger partial charge >= 0.3 is 0 Å². The van der Waals surface area contributed by atoms with Gasteiger partial charge in [-0.25, -0.2) is 0 Å². The minimum absolute atomic E-state index is 0.0902. The highest BCUT2D eigenvalue weighted by molar-refractivity contribution is 4.63. The third kappa shape index (κ3) is 20.4. The molecule has 3 unspecified atom stereocenters. The molecule has 0 aliphatic rings. The zero-order chi connectivity index (χ0) is 24.1. The van der Waals surface area contributed by atoms with E-state index in [0.717, 1.165) is 30.5 Å². The lowest BCUT2D eigenvalue weighted by Crippen LogP contribution is -2.38. The molecular formula is C27H58NO4+. The lowest BCUT2D eigenvalue weighted by atomic mass is 10.0. The van der Waals surface area contributed by atoms with Gasteiger partial charge in [-0.05, 0) is 19.8 Å². The van der Waals surface area contributed by atoms with E-state index >= 15 is 0 Å². The first-order chi connectivity index (χ1) is 15.3. The second kappa shape index (κ2) is 21.3. The van der Waals surface area contributed by atoms with Crippen molar-refractivity contribution in [3.63, 3.8) is 0 Å². The topological polar surface area (TPSA) is 36.9 Å². The molecule has 5 heteroatoms. The Balaban J connectivity index is 3.94. The third-order valence-corrected chi connectivity index (χ3v) is 6.08. The normalized spacial score (nSPS) is 15.1. The number of rotatable bonds is 24. The van der Waals surface area contributed by atoms with Gasteiger partial charge in [0, 0.05) is 7.11 Å². The van der Waals surface area contributed by atoms with Crippen LogP contribution in [0.15, 0.2) is 0 Å². The van der Waals surface area contributed by atoms with E-state index in [2.05, 4.69) is 35.0 Å². The lowest BCUT2D eigenvalue weighted by molar-refractivity contribution is -0.870. The molecule has 0 aromatic carbocycles. The molecule has 5 nitrogen and oxygen atoms in total. The molecule has 0 bridgehead atoms. The number of hydrogen-bond donors (Lipinski definition) is 0. The molecule has 0 saturated heterocycles. The summed E-state index contributed by atoms with van der Waals surface area (Å²) >= 11 is 0. The summed E-state index contributed by atoms with van der Waals surface area (Å²) in [6.45, 7) is 9.35. The van der Waals surface area contributed by atoms with Crippen LogP contribution in [0, 0.1) is 0 Å². The Hall–Kier alpha value is -0.200. The predicted octanol–water partition coefficient (Wildman–Crippen LogP) is 6.58. The summed E-state index contributed by atoms with van der Waals surface area (Å²) in [6, 6.07) is 0. The fourth-order valence-electron chi connectivity index (χ4n) is 3.65. The highest BCUT2D eigenvalue weighted by Gasteiger charge is 2.22. The summed E-state index contributed by atoms with van der Waals surface area (Å²) in [5.74, 6) is 0. The van der Waals surface area contributed by atoms with E-state index in [1.165, 1.54) is 70.6 Å². The van der Waals surface area contributed by atoms with Crippen molar-refractivity contribution in [3.8, 4) is 0 Å². The average Bonchev–Trinajstić information content (AvgIpc) is 2.76. The van der Waals surface area contributed by atoms with Crippen molar-refractivity contribution in [1.82, 2.24) is 0 Å². The zero-order valence-corrected chi connectivity index (χ0v) is 22.8. The second-order valence-electron chi connectivity index (χ2n) is 10.3. The van der Waals surface area contributed by atoms with Crippen LogP contribution in [0.1, 0.15) is 104 Å². The maximum Gasteiger partial charge on any atom is 0.183 e. The van der Waals surface area contributed by atoms with Crippen molar-refractivity contribution in [2.24, 2.45) is 0 Å². The molecule has 0 fully saturated rings. The summed E-state index contributed by atoms with van der Waals surface area (Å²) in [6.07, 6.45) is 17.0. The molecule has 0 aromatic rings. The van der Waals surface area contributed by atoms with Crippen molar-refractivity contribution in [1.29, 1.82) is 0 Å². The van der Waals surface area contributed by atoms with Crippen molar-refractivity contribution < 1.29 is 23.4 Å². The van der Waals surface area contributed by atoms with Crippen molar-refractivity contribution in [3.05, 3.63) is 0 Å². The standard InChI is InChI=1S/C27H58NO4/c1-8-10-11-12-13-14-15-16-17-18-19-20-26(9-2)32-27(25(3)29-7)31-24-23-30-22-21-28(4,5)6/h25-27H,8-24H2,1-7H3/q+1. The van der Waals surface area contributed by atoms with Crippen LogP contribution in [0.4, 0.5) is 0 Å². The molecule has 194 valence electrons. The van der Waals surface area contributed by atoms with Crippen LogP contribution >= 0.6 is 0 Å². The molecular weight excluding hydrogens is 402 g/mol. The van der Waals surface area contributed by atoms with Crippen LogP contribution < -0.4 is 0 Å². The second-order valence-corrected chi connectivity index (χ2v) is 10.3. The number of quaternary nitrogens is 1. The van der Waals surface area contributed by atoms with E-state index in [1.807, 2.05) is 6.92 Å². The van der Waals surface area contributed by atoms with Crippen LogP contribution in [0.2, 0.25) is 0 Å². The van der Waals surface area contributed by atoms with E-state index in [-0.39, 0.29) is 18.5 Å². The van der Waals surface area contributed by atoms with Gasteiger partial charge in [0.25, 0.3) is 0 Å². The molecule has 3 atom stereocenters. The molecule has 0 aliphatic carbocycles. The van der Waals surface area contributed by atoms with Gasteiger partial charge in [-0.2, -0.15) is 0 Å². The van der Waals surface area contributed by atoms with E-state index in [1.54, 1.807) is 7.11 Å². The molecule has 0 aliphatic heterocycles. The van der Waals surface area contributed by atoms with Gasteiger partial charge in [0.15, 0.2) is 6.29 Å². The van der Waals surface area contributed by atoms with Crippen molar-refractivity contribution in [2.45, 2.75) is 123 Å². The zero-order valence-electron chi connectivity index (χ0n) is 22.8. The summed E-state index contributed by atoms with van der Waals surface area (Å²) in [5, 5.41) is 0. The predicted molar refractivity (Wildman–Crippen MR) is 136 cm³/mol. The molecule has 0 amide bonds. The van der Waals surface area contributed by atoms with Gasteiger partial charge in [0.1, 0.15) is 12.6 Å². The summed E-state index contributed by atoms with van der Waals surface area (Å²) in [4.78, 5) is 0. The van der Waals surface area contributed by atoms with Gasteiger partial charge in [0.2, 0.25) is 0 Å². The summed E-state index contributed by atoms with van der Waals surface area (Å²) in [7, 11) is 8.23. The van der Waals surface area contributed by atoms with Gasteiger partial charge < -0.3 is 23.4 Å². The quantitative estimate of drug-likeness (QED) is 0.0925. The summed E-state index contributed by atoms with van der Waals surface area (Å²) in [5.41, 5.74) is 0. The molecule has 0 aromatic heterocycles. The minimum Gasteiger partial charge on any atom is -0.376 e. The van der Waals surface area contributed by atoms with Crippen molar-refractivity contribution >= 4 is 0 Å². The Morgan fingerprint density at radius 1 is 0.719 bits per heavy atom. The Morgan fingerprint density at radius 2 is 1.28 bits per heavy atom. The van der Waals surface area contributed by atoms with Crippen LogP contribution in [0.5, 0.6) is 0 Å². The maximum absolute atomic E-state index is 6.30. The van der Waals surface area contributed by atoms with E-state index in [0.29, 0.717) is 13.2 Å². The number of unbranched alkanes of at least 4 members (excludes halogenated alkanes) is 10. The Labute approximate surface area is 201 Å². The smallest absolute Gasteiger partial charge is 0.183 e. The fourth-order valence-corrected chi connectivity index (χ4v) is 3.65. The Kier molecular flexibility index (Phi) is 21.2. The number of methoxy groups -OCH3 is 1. The number of hydrogen-bond acceptors (Lipinski definition) is 4. The molecule has 0 radical (unpaired) electrons. The highest BCUT2D eigenvalue weighted by Crippen LogP contribution is 2.17. The first-order valence-corrected chi connectivity index (χ1v) is 13.5. The number of ether oxygens (including phenoxy) is 4. The summed E-state index contributed by atoms with van der Waals surface area (Å²) < 4.78 is 24.4. The molecule has 0 spiro atoms. The van der Waals surface area contributed by atoms with Crippen LogP contribution in [-0.4, -0.2) is 77.6 Å². The Morgan fingerprint density at radius 3 is 1.78 bits per heavy atom. The number of likely N-dealkylation sites (N-methyl/N-ethyl adjacent to an activating group) is 1. The average molecular weight is 461 g/mol. The SMILES string of the molecule is CCCCCCCCCCCCCC(CC)OC(OCCOCC[N+](C)(C)C)C(C)OC. The van der Waals surface area contributed by atoms with Gasteiger partial charge in [-0.3, -0.25) is 0 Å². The molecule has 0 rings (SSSR count). The van der Waals surface area contributed by atoms with Gasteiger partial charge in [-0.1, -0.05) is 84.5 Å². The largest absolute Gasteiger partial charge is 0.376 e. The van der Waals surface area contributed by atoms with Crippen LogP contribution in [0.3, 0.4) is 0 Å². The number of nitrogens with zero attached hydrogens (tertiary/aromatic N) is 1. The fraction of sp³-hybridized carbons (Fsp3) is 1.00. The third-order valence-electron chi connectivity index (χ3n) is 6.08.